The van der Waals surface area contributed by atoms with Crippen LogP contribution in [0.5, 0.6) is 0 Å². The van der Waals surface area contributed by atoms with Gasteiger partial charge in [0.05, 0.1) is 13.2 Å². The monoisotopic (exact) mass is 177 g/mol. The van der Waals surface area contributed by atoms with Crippen LogP contribution in [0.15, 0.2) is 35.3 Å². The predicted octanol–water partition coefficient (Wildman–Crippen LogP) is 0.824. The first kappa shape index (κ1) is 8.26. The Kier molecular flexibility index (Phi) is 2.27. The lowest BCUT2D eigenvalue weighted by Gasteiger charge is -2.07. The SMILES string of the molecule is OC[C@@H]1CN=C(c2ccccc2)O1. The predicted molar refractivity (Wildman–Crippen MR) is 49.8 cm³/mol. The number of aliphatic imine (C=N–C) groups is 1. The highest BCUT2D eigenvalue weighted by Crippen LogP contribution is 2.11. The third-order valence-electron chi connectivity index (χ3n) is 1.94. The van der Waals surface area contributed by atoms with Gasteiger partial charge < -0.3 is 9.84 Å². The van der Waals surface area contributed by atoms with Gasteiger partial charge in [0.1, 0.15) is 6.10 Å². The molecule has 1 aromatic rings. The minimum Gasteiger partial charge on any atom is -0.470 e. The molecule has 2 rings (SSSR count). The highest BCUT2D eigenvalue weighted by molar-refractivity contribution is 5.95. The van der Waals surface area contributed by atoms with Gasteiger partial charge in [-0.1, -0.05) is 18.2 Å². The van der Waals surface area contributed by atoms with Crippen LogP contribution in [0.3, 0.4) is 0 Å². The Balaban J connectivity index is 2.12. The summed E-state index contributed by atoms with van der Waals surface area (Å²) in [6, 6.07) is 9.71. The molecule has 1 aromatic carbocycles. The molecule has 0 fully saturated rings. The highest BCUT2D eigenvalue weighted by Gasteiger charge is 2.19. The van der Waals surface area contributed by atoms with Gasteiger partial charge in [0, 0.05) is 5.56 Å². The quantitative estimate of drug-likeness (QED) is 0.726. The van der Waals surface area contributed by atoms with E-state index in [1.54, 1.807) is 0 Å². The molecule has 1 aliphatic rings. The zero-order valence-electron chi connectivity index (χ0n) is 7.18. The van der Waals surface area contributed by atoms with Crippen molar-refractivity contribution < 1.29 is 9.84 Å². The summed E-state index contributed by atoms with van der Waals surface area (Å²) >= 11 is 0. The second-order valence-electron chi connectivity index (χ2n) is 2.93. The number of nitrogens with zero attached hydrogens (tertiary/aromatic N) is 1. The molecule has 1 heterocycles. The Bertz CT molecular complexity index is 308. The van der Waals surface area contributed by atoms with Gasteiger partial charge in [-0.05, 0) is 12.1 Å². The first-order valence-electron chi connectivity index (χ1n) is 4.27. The van der Waals surface area contributed by atoms with E-state index in [9.17, 15) is 0 Å². The summed E-state index contributed by atoms with van der Waals surface area (Å²) in [5, 5.41) is 8.83. The first-order valence-corrected chi connectivity index (χ1v) is 4.27. The lowest BCUT2D eigenvalue weighted by atomic mass is 10.2. The summed E-state index contributed by atoms with van der Waals surface area (Å²) in [5.41, 5.74) is 0.971. The van der Waals surface area contributed by atoms with Gasteiger partial charge in [-0.25, -0.2) is 4.99 Å². The Labute approximate surface area is 76.7 Å². The van der Waals surface area contributed by atoms with Crippen molar-refractivity contribution in [1.29, 1.82) is 0 Å². The van der Waals surface area contributed by atoms with Crippen molar-refractivity contribution in [3.63, 3.8) is 0 Å². The topological polar surface area (TPSA) is 41.8 Å². The number of rotatable bonds is 2. The Hall–Kier alpha value is -1.35. The van der Waals surface area contributed by atoms with Crippen LogP contribution in [0.25, 0.3) is 0 Å². The van der Waals surface area contributed by atoms with Gasteiger partial charge >= 0.3 is 0 Å². The Morgan fingerprint density at radius 1 is 1.38 bits per heavy atom. The lowest BCUT2D eigenvalue weighted by molar-refractivity contribution is 0.130. The number of aliphatic hydroxyl groups excluding tert-OH is 1. The molecule has 1 aliphatic heterocycles. The van der Waals surface area contributed by atoms with Gasteiger partial charge in [-0.2, -0.15) is 0 Å². The van der Waals surface area contributed by atoms with Crippen LogP contribution in [-0.2, 0) is 4.74 Å². The van der Waals surface area contributed by atoms with Crippen molar-refractivity contribution in [2.75, 3.05) is 13.2 Å². The van der Waals surface area contributed by atoms with E-state index in [1.807, 2.05) is 30.3 Å². The largest absolute Gasteiger partial charge is 0.470 e. The number of aliphatic hydroxyl groups is 1. The zero-order valence-corrected chi connectivity index (χ0v) is 7.18. The van der Waals surface area contributed by atoms with Crippen LogP contribution in [-0.4, -0.2) is 30.3 Å². The summed E-state index contributed by atoms with van der Waals surface area (Å²) in [4.78, 5) is 4.19. The van der Waals surface area contributed by atoms with E-state index in [4.69, 9.17) is 9.84 Å². The Morgan fingerprint density at radius 3 is 2.77 bits per heavy atom. The highest BCUT2D eigenvalue weighted by atomic mass is 16.5. The molecule has 1 N–H and O–H groups in total. The fraction of sp³-hybridized carbons (Fsp3) is 0.300. The molecule has 0 saturated heterocycles. The first-order chi connectivity index (χ1) is 6.40. The third-order valence-corrected chi connectivity index (χ3v) is 1.94. The van der Waals surface area contributed by atoms with Crippen LogP contribution >= 0.6 is 0 Å². The van der Waals surface area contributed by atoms with E-state index in [1.165, 1.54) is 0 Å². The van der Waals surface area contributed by atoms with Crippen LogP contribution in [0, 0.1) is 0 Å². The molecule has 3 heteroatoms. The van der Waals surface area contributed by atoms with Gasteiger partial charge in [0.2, 0.25) is 5.90 Å². The van der Waals surface area contributed by atoms with E-state index in [0.717, 1.165) is 5.56 Å². The molecule has 0 bridgehead atoms. The molecule has 0 radical (unpaired) electrons. The fourth-order valence-electron chi connectivity index (χ4n) is 1.25. The van der Waals surface area contributed by atoms with E-state index in [2.05, 4.69) is 4.99 Å². The molecule has 13 heavy (non-hydrogen) atoms. The lowest BCUT2D eigenvalue weighted by Crippen LogP contribution is -2.17. The zero-order chi connectivity index (χ0) is 9.10. The molecule has 68 valence electrons. The fourth-order valence-corrected chi connectivity index (χ4v) is 1.25. The van der Waals surface area contributed by atoms with E-state index in [0.29, 0.717) is 12.4 Å². The smallest absolute Gasteiger partial charge is 0.216 e. The van der Waals surface area contributed by atoms with Crippen LogP contribution in [0.2, 0.25) is 0 Å². The molecule has 0 spiro atoms. The second-order valence-corrected chi connectivity index (χ2v) is 2.93. The van der Waals surface area contributed by atoms with Crippen LogP contribution < -0.4 is 0 Å². The summed E-state index contributed by atoms with van der Waals surface area (Å²) in [6.45, 7) is 0.584. The van der Waals surface area contributed by atoms with Crippen molar-refractivity contribution in [2.45, 2.75) is 6.10 Å². The van der Waals surface area contributed by atoms with Crippen molar-refractivity contribution in [2.24, 2.45) is 4.99 Å². The van der Waals surface area contributed by atoms with E-state index in [-0.39, 0.29) is 12.7 Å². The van der Waals surface area contributed by atoms with E-state index < -0.39 is 0 Å². The van der Waals surface area contributed by atoms with Crippen molar-refractivity contribution in [1.82, 2.24) is 0 Å². The standard InChI is InChI=1S/C10H11NO2/c12-7-9-6-11-10(13-9)8-4-2-1-3-5-8/h1-5,9,12H,6-7H2/t9-/m0/s1. The van der Waals surface area contributed by atoms with Crippen LogP contribution in [0.1, 0.15) is 5.56 Å². The number of ether oxygens (including phenoxy) is 1. The molecule has 0 aromatic heterocycles. The van der Waals surface area contributed by atoms with Gasteiger partial charge in [0.25, 0.3) is 0 Å². The average Bonchev–Trinajstić information content (AvgIpc) is 2.67. The summed E-state index contributed by atoms with van der Waals surface area (Å²) in [7, 11) is 0. The summed E-state index contributed by atoms with van der Waals surface area (Å²) in [5.74, 6) is 0.639. The maximum absolute atomic E-state index is 8.83. The van der Waals surface area contributed by atoms with Gasteiger partial charge in [-0.3, -0.25) is 0 Å². The second kappa shape index (κ2) is 3.58. The average molecular weight is 177 g/mol. The van der Waals surface area contributed by atoms with Gasteiger partial charge in [-0.15, -0.1) is 0 Å². The maximum Gasteiger partial charge on any atom is 0.216 e. The molecular formula is C10H11NO2. The van der Waals surface area contributed by atoms with Crippen LogP contribution in [0.4, 0.5) is 0 Å². The molecular weight excluding hydrogens is 166 g/mol. The number of benzene rings is 1. The normalized spacial score (nSPS) is 21.0. The summed E-state index contributed by atoms with van der Waals surface area (Å²) in [6.07, 6.45) is -0.157. The maximum atomic E-state index is 8.83. The molecule has 0 amide bonds. The third kappa shape index (κ3) is 1.70. The van der Waals surface area contributed by atoms with Crippen molar-refractivity contribution in [3.05, 3.63) is 35.9 Å². The Morgan fingerprint density at radius 2 is 2.15 bits per heavy atom. The minimum absolute atomic E-state index is 0.0276. The van der Waals surface area contributed by atoms with Gasteiger partial charge in [0.15, 0.2) is 0 Å². The molecule has 0 aliphatic carbocycles. The number of hydrogen-bond donors (Lipinski definition) is 1. The van der Waals surface area contributed by atoms with Crippen molar-refractivity contribution >= 4 is 5.90 Å². The number of hydrogen-bond acceptors (Lipinski definition) is 3. The summed E-state index contributed by atoms with van der Waals surface area (Å²) < 4.78 is 5.40. The van der Waals surface area contributed by atoms with E-state index >= 15 is 0 Å². The minimum atomic E-state index is -0.157. The molecule has 0 unspecified atom stereocenters. The van der Waals surface area contributed by atoms with Crippen molar-refractivity contribution in [3.8, 4) is 0 Å². The molecule has 3 nitrogen and oxygen atoms in total. The molecule has 1 atom stereocenters. The molecule has 0 saturated carbocycles.